The minimum Gasteiger partial charge on any atom is -0.318 e. The number of benzene rings is 1. The Bertz CT molecular complexity index is 333. The van der Waals surface area contributed by atoms with Crippen molar-refractivity contribution >= 4 is 0 Å². The largest absolute Gasteiger partial charge is 0.318 e. The minimum atomic E-state index is 0.584. The fraction of sp³-hybridized carbons (Fsp3) is 0.600. The smallest absolute Gasteiger partial charge is 0.0243 e. The van der Waals surface area contributed by atoms with E-state index in [0.29, 0.717) is 12.0 Å². The van der Waals surface area contributed by atoms with Crippen LogP contribution in [0.4, 0.5) is 0 Å². The van der Waals surface area contributed by atoms with Gasteiger partial charge >= 0.3 is 0 Å². The Morgan fingerprint density at radius 2 is 2.00 bits per heavy atom. The molecule has 0 aliphatic rings. The Morgan fingerprint density at radius 1 is 1.29 bits per heavy atom. The maximum absolute atomic E-state index is 3.29. The van der Waals surface area contributed by atoms with Gasteiger partial charge in [0, 0.05) is 19.1 Å². The molecule has 1 atom stereocenters. The summed E-state index contributed by atoms with van der Waals surface area (Å²) in [6.07, 6.45) is 0. The van der Waals surface area contributed by atoms with Crippen LogP contribution >= 0.6 is 0 Å². The van der Waals surface area contributed by atoms with Gasteiger partial charge in [0.1, 0.15) is 0 Å². The molecule has 0 aliphatic heterocycles. The van der Waals surface area contributed by atoms with E-state index in [1.165, 1.54) is 11.1 Å². The van der Waals surface area contributed by atoms with Crippen LogP contribution < -0.4 is 5.32 Å². The highest BCUT2D eigenvalue weighted by atomic mass is 15.1. The predicted molar refractivity (Wildman–Crippen MR) is 75.2 cm³/mol. The summed E-state index contributed by atoms with van der Waals surface area (Å²) in [4.78, 5) is 2.44. The van der Waals surface area contributed by atoms with Crippen molar-refractivity contribution in [3.63, 3.8) is 0 Å². The first-order chi connectivity index (χ1) is 8.04. The summed E-state index contributed by atoms with van der Waals surface area (Å²) in [6, 6.07) is 9.35. The van der Waals surface area contributed by atoms with E-state index < -0.39 is 0 Å². The molecule has 0 heterocycles. The van der Waals surface area contributed by atoms with Crippen molar-refractivity contribution in [1.29, 1.82) is 0 Å². The van der Waals surface area contributed by atoms with Gasteiger partial charge in [-0.15, -0.1) is 0 Å². The van der Waals surface area contributed by atoms with Crippen molar-refractivity contribution in [2.45, 2.75) is 33.4 Å². The molecule has 0 radical (unpaired) electrons. The number of rotatable bonds is 6. The van der Waals surface area contributed by atoms with Crippen LogP contribution in [-0.4, -0.2) is 31.6 Å². The van der Waals surface area contributed by atoms with E-state index in [0.717, 1.165) is 13.1 Å². The molecule has 0 fully saturated rings. The van der Waals surface area contributed by atoms with Crippen LogP contribution in [0.1, 0.15) is 25.0 Å². The molecule has 1 unspecified atom stereocenters. The first-order valence-electron chi connectivity index (χ1n) is 6.45. The van der Waals surface area contributed by atoms with Gasteiger partial charge < -0.3 is 5.32 Å². The van der Waals surface area contributed by atoms with Crippen LogP contribution in [0.5, 0.6) is 0 Å². The third-order valence-corrected chi connectivity index (χ3v) is 3.26. The van der Waals surface area contributed by atoms with Gasteiger partial charge in [-0.25, -0.2) is 0 Å². The van der Waals surface area contributed by atoms with Gasteiger partial charge in [-0.3, -0.25) is 4.90 Å². The van der Waals surface area contributed by atoms with Gasteiger partial charge in [-0.05, 0) is 32.5 Å². The molecular weight excluding hydrogens is 208 g/mol. The Hall–Kier alpha value is -0.860. The van der Waals surface area contributed by atoms with E-state index in [2.05, 4.69) is 62.3 Å². The predicted octanol–water partition coefficient (Wildman–Crippen LogP) is 2.67. The maximum atomic E-state index is 3.29. The SMILES string of the molecule is CNCC(C(C)C)N(C)Cc1cccc(C)c1. The number of nitrogens with one attached hydrogen (secondary N) is 1. The average molecular weight is 234 g/mol. The molecule has 1 aromatic rings. The monoisotopic (exact) mass is 234 g/mol. The summed E-state index contributed by atoms with van der Waals surface area (Å²) in [5.74, 6) is 0.664. The zero-order valence-electron chi connectivity index (χ0n) is 11.8. The van der Waals surface area contributed by atoms with Gasteiger partial charge in [-0.2, -0.15) is 0 Å². The van der Waals surface area contributed by atoms with E-state index in [9.17, 15) is 0 Å². The third kappa shape index (κ3) is 4.49. The van der Waals surface area contributed by atoms with Crippen LogP contribution in [0.15, 0.2) is 24.3 Å². The fourth-order valence-electron chi connectivity index (χ4n) is 2.33. The molecular formula is C15H26N2. The zero-order chi connectivity index (χ0) is 12.8. The second kappa shape index (κ2) is 6.77. The van der Waals surface area contributed by atoms with E-state index in [-0.39, 0.29) is 0 Å². The number of aryl methyl sites for hydroxylation is 1. The molecule has 2 heteroatoms. The van der Waals surface area contributed by atoms with E-state index in [4.69, 9.17) is 0 Å². The lowest BCUT2D eigenvalue weighted by Crippen LogP contribution is -2.42. The lowest BCUT2D eigenvalue weighted by Gasteiger charge is -2.31. The van der Waals surface area contributed by atoms with Crippen molar-refractivity contribution in [3.8, 4) is 0 Å². The second-order valence-corrected chi connectivity index (χ2v) is 5.27. The lowest BCUT2D eigenvalue weighted by molar-refractivity contribution is 0.182. The molecule has 1 N–H and O–H groups in total. The Kier molecular flexibility index (Phi) is 5.66. The zero-order valence-corrected chi connectivity index (χ0v) is 11.8. The highest BCUT2D eigenvalue weighted by Gasteiger charge is 2.17. The molecule has 0 amide bonds. The highest BCUT2D eigenvalue weighted by molar-refractivity contribution is 5.22. The van der Waals surface area contributed by atoms with Gasteiger partial charge in [0.05, 0.1) is 0 Å². The quantitative estimate of drug-likeness (QED) is 0.814. The maximum Gasteiger partial charge on any atom is 0.0243 e. The van der Waals surface area contributed by atoms with Gasteiger partial charge in [0.15, 0.2) is 0 Å². The summed E-state index contributed by atoms with van der Waals surface area (Å²) in [5.41, 5.74) is 2.74. The van der Waals surface area contributed by atoms with Crippen molar-refractivity contribution in [2.75, 3.05) is 20.6 Å². The molecule has 1 aromatic carbocycles. The standard InChI is InChI=1S/C15H26N2/c1-12(2)15(10-16-4)17(5)11-14-8-6-7-13(3)9-14/h6-9,12,15-16H,10-11H2,1-5H3. The average Bonchev–Trinajstić information content (AvgIpc) is 2.25. The second-order valence-electron chi connectivity index (χ2n) is 5.27. The van der Waals surface area contributed by atoms with Crippen molar-refractivity contribution in [3.05, 3.63) is 35.4 Å². The van der Waals surface area contributed by atoms with Gasteiger partial charge in [-0.1, -0.05) is 43.7 Å². The molecule has 0 aliphatic carbocycles. The molecule has 96 valence electrons. The molecule has 0 bridgehead atoms. The number of likely N-dealkylation sites (N-methyl/N-ethyl adjacent to an activating group) is 2. The Labute approximate surface area is 106 Å². The van der Waals surface area contributed by atoms with Crippen LogP contribution in [0, 0.1) is 12.8 Å². The highest BCUT2D eigenvalue weighted by Crippen LogP contribution is 2.13. The molecule has 17 heavy (non-hydrogen) atoms. The number of nitrogens with zero attached hydrogens (tertiary/aromatic N) is 1. The van der Waals surface area contributed by atoms with Crippen LogP contribution in [-0.2, 0) is 6.54 Å². The first-order valence-corrected chi connectivity index (χ1v) is 6.45. The molecule has 0 spiro atoms. The van der Waals surface area contributed by atoms with E-state index >= 15 is 0 Å². The van der Waals surface area contributed by atoms with E-state index in [1.54, 1.807) is 0 Å². The normalized spacial score (nSPS) is 13.4. The van der Waals surface area contributed by atoms with Gasteiger partial charge in [0.25, 0.3) is 0 Å². The third-order valence-electron chi connectivity index (χ3n) is 3.26. The topological polar surface area (TPSA) is 15.3 Å². The van der Waals surface area contributed by atoms with Crippen molar-refractivity contribution in [2.24, 2.45) is 5.92 Å². The van der Waals surface area contributed by atoms with Crippen LogP contribution in [0.25, 0.3) is 0 Å². The molecule has 0 aromatic heterocycles. The summed E-state index contributed by atoms with van der Waals surface area (Å²) < 4.78 is 0. The molecule has 1 rings (SSSR count). The van der Waals surface area contributed by atoms with Crippen LogP contribution in [0.2, 0.25) is 0 Å². The summed E-state index contributed by atoms with van der Waals surface area (Å²) in [5, 5.41) is 3.29. The van der Waals surface area contributed by atoms with Crippen LogP contribution in [0.3, 0.4) is 0 Å². The molecule has 0 saturated heterocycles. The number of hydrogen-bond donors (Lipinski definition) is 1. The minimum absolute atomic E-state index is 0.584. The van der Waals surface area contributed by atoms with E-state index in [1.807, 2.05) is 7.05 Å². The number of hydrogen-bond acceptors (Lipinski definition) is 2. The first kappa shape index (κ1) is 14.2. The Balaban J connectivity index is 2.66. The molecule has 2 nitrogen and oxygen atoms in total. The van der Waals surface area contributed by atoms with Crippen molar-refractivity contribution in [1.82, 2.24) is 10.2 Å². The fourth-order valence-corrected chi connectivity index (χ4v) is 2.33. The lowest BCUT2D eigenvalue weighted by atomic mass is 10.0. The summed E-state index contributed by atoms with van der Waals surface area (Å²) in [7, 11) is 4.24. The summed E-state index contributed by atoms with van der Waals surface area (Å²) >= 11 is 0. The van der Waals surface area contributed by atoms with Gasteiger partial charge in [0.2, 0.25) is 0 Å². The molecule has 0 saturated carbocycles. The summed E-state index contributed by atoms with van der Waals surface area (Å²) in [6.45, 7) is 8.78. The Morgan fingerprint density at radius 3 is 2.53 bits per heavy atom. The van der Waals surface area contributed by atoms with Crippen molar-refractivity contribution < 1.29 is 0 Å².